The summed E-state index contributed by atoms with van der Waals surface area (Å²) in [4.78, 5) is 10.4. The van der Waals surface area contributed by atoms with E-state index in [1.54, 1.807) is 0 Å². The summed E-state index contributed by atoms with van der Waals surface area (Å²) in [5, 5.41) is 10.8. The Hall–Kier alpha value is -0.770. The fourth-order valence-electron chi connectivity index (χ4n) is 0.499. The number of methoxy groups -OCH3 is 1. The second-order valence-electron chi connectivity index (χ2n) is 2.56. The first-order valence-electron chi connectivity index (χ1n) is 4.65. The van der Waals surface area contributed by atoms with E-state index in [-0.39, 0.29) is 6.61 Å². The number of aliphatic hydroxyl groups excluding tert-OH is 1. The van der Waals surface area contributed by atoms with Crippen LogP contribution >= 0.6 is 0 Å². The van der Waals surface area contributed by atoms with E-state index in [0.29, 0.717) is 13.0 Å². The number of amides is 1. The summed E-state index contributed by atoms with van der Waals surface area (Å²) in [6.07, 6.45) is 2.33. The summed E-state index contributed by atoms with van der Waals surface area (Å²) in [5.74, 6) is 0. The van der Waals surface area contributed by atoms with Gasteiger partial charge in [-0.3, -0.25) is 0 Å². The Kier molecular flexibility index (Phi) is 15.6. The van der Waals surface area contributed by atoms with Crippen molar-refractivity contribution in [2.24, 2.45) is 0 Å². The van der Waals surface area contributed by atoms with Crippen LogP contribution in [0, 0.1) is 0 Å². The van der Waals surface area contributed by atoms with E-state index in [4.69, 9.17) is 5.11 Å². The van der Waals surface area contributed by atoms with Crippen molar-refractivity contribution in [1.82, 2.24) is 5.32 Å². The van der Waals surface area contributed by atoms with Crippen LogP contribution in [-0.4, -0.2) is 31.5 Å². The highest BCUT2D eigenvalue weighted by atomic mass is 16.5. The molecule has 0 unspecified atom stereocenters. The Labute approximate surface area is 80.3 Å². The highest BCUT2D eigenvalue weighted by Gasteiger charge is 1.94. The molecule has 0 aliphatic rings. The second-order valence-corrected chi connectivity index (χ2v) is 2.56. The smallest absolute Gasteiger partial charge is 0.406 e. The number of ether oxygens (including phenoxy) is 1. The van der Waals surface area contributed by atoms with E-state index in [9.17, 15) is 4.79 Å². The standard InChI is InChI=1S/C6H13NO3.C3H8/c1-10-6(9)7-4-2-3-5-8;1-3-2/h8H,2-5H2,1H3,(H,7,9);3H2,1-2H3. The van der Waals surface area contributed by atoms with E-state index >= 15 is 0 Å². The summed E-state index contributed by atoms with van der Waals surface area (Å²) >= 11 is 0. The third-order valence-corrected chi connectivity index (χ3v) is 1.04. The molecule has 0 aliphatic heterocycles. The van der Waals surface area contributed by atoms with Gasteiger partial charge >= 0.3 is 6.09 Å². The maximum absolute atomic E-state index is 10.4. The molecule has 0 saturated heterocycles. The Morgan fingerprint density at radius 3 is 2.31 bits per heavy atom. The van der Waals surface area contributed by atoms with Crippen LogP contribution in [0.5, 0.6) is 0 Å². The van der Waals surface area contributed by atoms with Gasteiger partial charge in [0.1, 0.15) is 0 Å². The molecule has 0 aliphatic carbocycles. The van der Waals surface area contributed by atoms with E-state index in [2.05, 4.69) is 23.9 Å². The minimum atomic E-state index is -0.419. The predicted molar refractivity (Wildman–Crippen MR) is 52.7 cm³/mol. The van der Waals surface area contributed by atoms with Crippen LogP contribution in [0.25, 0.3) is 0 Å². The molecule has 0 aromatic heterocycles. The molecule has 0 aromatic rings. The van der Waals surface area contributed by atoms with Gasteiger partial charge in [0, 0.05) is 13.2 Å². The Morgan fingerprint density at radius 2 is 1.92 bits per heavy atom. The molecule has 0 aromatic carbocycles. The largest absolute Gasteiger partial charge is 0.453 e. The van der Waals surface area contributed by atoms with Gasteiger partial charge in [0.2, 0.25) is 0 Å². The molecule has 80 valence electrons. The third-order valence-electron chi connectivity index (χ3n) is 1.04. The van der Waals surface area contributed by atoms with E-state index in [0.717, 1.165) is 6.42 Å². The lowest BCUT2D eigenvalue weighted by Crippen LogP contribution is -2.24. The van der Waals surface area contributed by atoms with Crippen LogP contribution in [0.3, 0.4) is 0 Å². The molecule has 0 atom stereocenters. The van der Waals surface area contributed by atoms with Crippen LogP contribution in [-0.2, 0) is 4.74 Å². The van der Waals surface area contributed by atoms with Crippen molar-refractivity contribution in [3.8, 4) is 0 Å². The van der Waals surface area contributed by atoms with Crippen molar-refractivity contribution in [2.75, 3.05) is 20.3 Å². The molecule has 0 fully saturated rings. The molecule has 0 saturated carbocycles. The second kappa shape index (κ2) is 13.8. The molecule has 0 radical (unpaired) electrons. The topological polar surface area (TPSA) is 58.6 Å². The van der Waals surface area contributed by atoms with Crippen LogP contribution < -0.4 is 5.32 Å². The average Bonchev–Trinajstić information content (AvgIpc) is 2.13. The number of hydrogen-bond acceptors (Lipinski definition) is 3. The zero-order chi connectivity index (χ0) is 10.5. The van der Waals surface area contributed by atoms with Gasteiger partial charge in [0.05, 0.1) is 7.11 Å². The third kappa shape index (κ3) is 18.3. The molecule has 13 heavy (non-hydrogen) atoms. The Bertz CT molecular complexity index is 107. The minimum absolute atomic E-state index is 0.169. The summed E-state index contributed by atoms with van der Waals surface area (Å²) < 4.78 is 4.32. The molecule has 0 heterocycles. The normalized spacial score (nSPS) is 8.31. The van der Waals surface area contributed by atoms with Crippen LogP contribution in [0.1, 0.15) is 33.1 Å². The molecule has 0 rings (SSSR count). The number of alkyl carbamates (subject to hydrolysis) is 1. The molecule has 2 N–H and O–H groups in total. The molecule has 0 spiro atoms. The van der Waals surface area contributed by atoms with Crippen molar-refractivity contribution in [3.63, 3.8) is 0 Å². The SMILES string of the molecule is CCC.COC(=O)NCCCCO. The van der Waals surface area contributed by atoms with E-state index in [1.165, 1.54) is 13.5 Å². The minimum Gasteiger partial charge on any atom is -0.453 e. The maximum atomic E-state index is 10.4. The monoisotopic (exact) mass is 191 g/mol. The van der Waals surface area contributed by atoms with Gasteiger partial charge in [-0.05, 0) is 12.8 Å². The van der Waals surface area contributed by atoms with Gasteiger partial charge in [-0.2, -0.15) is 0 Å². The summed E-state index contributed by atoms with van der Waals surface area (Å²) in [7, 11) is 1.32. The first-order chi connectivity index (χ1) is 6.22. The summed E-state index contributed by atoms with van der Waals surface area (Å²) in [6, 6.07) is 0. The first kappa shape index (κ1) is 14.7. The average molecular weight is 191 g/mol. The van der Waals surface area contributed by atoms with Crippen molar-refractivity contribution in [3.05, 3.63) is 0 Å². The molecule has 1 amide bonds. The molecule has 4 nitrogen and oxygen atoms in total. The fraction of sp³-hybridized carbons (Fsp3) is 0.889. The van der Waals surface area contributed by atoms with Gasteiger partial charge in [-0.1, -0.05) is 20.3 Å². The number of hydrogen-bond donors (Lipinski definition) is 2. The number of carbonyl (C=O) groups excluding carboxylic acids is 1. The number of rotatable bonds is 4. The maximum Gasteiger partial charge on any atom is 0.406 e. The lowest BCUT2D eigenvalue weighted by molar-refractivity contribution is 0.170. The highest BCUT2D eigenvalue weighted by molar-refractivity contribution is 5.66. The van der Waals surface area contributed by atoms with Crippen molar-refractivity contribution in [1.29, 1.82) is 0 Å². The van der Waals surface area contributed by atoms with Crippen molar-refractivity contribution in [2.45, 2.75) is 33.1 Å². The molecular formula is C9H21NO3. The number of carbonyl (C=O) groups is 1. The fourth-order valence-corrected chi connectivity index (χ4v) is 0.499. The number of unbranched alkanes of at least 4 members (excludes halogenated alkanes) is 1. The van der Waals surface area contributed by atoms with Gasteiger partial charge < -0.3 is 15.2 Å². The molecular weight excluding hydrogens is 170 g/mol. The summed E-state index contributed by atoms with van der Waals surface area (Å²) in [5.41, 5.74) is 0. The quantitative estimate of drug-likeness (QED) is 0.662. The van der Waals surface area contributed by atoms with Crippen LogP contribution in [0.4, 0.5) is 4.79 Å². The van der Waals surface area contributed by atoms with Gasteiger partial charge in [0.15, 0.2) is 0 Å². The Balaban J connectivity index is 0. The van der Waals surface area contributed by atoms with Crippen molar-refractivity contribution >= 4 is 6.09 Å². The van der Waals surface area contributed by atoms with Crippen molar-refractivity contribution < 1.29 is 14.6 Å². The van der Waals surface area contributed by atoms with Gasteiger partial charge in [0.25, 0.3) is 0 Å². The van der Waals surface area contributed by atoms with Crippen LogP contribution in [0.2, 0.25) is 0 Å². The zero-order valence-corrected chi connectivity index (χ0v) is 8.80. The first-order valence-corrected chi connectivity index (χ1v) is 4.65. The predicted octanol–water partition coefficient (Wildman–Crippen LogP) is 1.53. The lowest BCUT2D eigenvalue weighted by atomic mass is 10.3. The van der Waals surface area contributed by atoms with Crippen LogP contribution in [0.15, 0.2) is 0 Å². The lowest BCUT2D eigenvalue weighted by Gasteiger charge is -2.00. The Morgan fingerprint density at radius 1 is 1.38 bits per heavy atom. The molecule has 0 bridgehead atoms. The highest BCUT2D eigenvalue weighted by Crippen LogP contribution is 1.83. The zero-order valence-electron chi connectivity index (χ0n) is 8.80. The van der Waals surface area contributed by atoms with E-state index in [1.807, 2.05) is 0 Å². The van der Waals surface area contributed by atoms with Gasteiger partial charge in [-0.15, -0.1) is 0 Å². The number of nitrogens with one attached hydrogen (secondary N) is 1. The van der Waals surface area contributed by atoms with E-state index < -0.39 is 6.09 Å². The summed E-state index contributed by atoms with van der Waals surface area (Å²) in [6.45, 7) is 4.98. The number of aliphatic hydroxyl groups is 1. The van der Waals surface area contributed by atoms with Gasteiger partial charge in [-0.25, -0.2) is 4.79 Å². The molecule has 4 heteroatoms.